The lowest BCUT2D eigenvalue weighted by molar-refractivity contribution is -0.114. The van der Waals surface area contributed by atoms with Gasteiger partial charge in [-0.25, -0.2) is 12.7 Å². The molecule has 0 saturated carbocycles. The van der Waals surface area contributed by atoms with Crippen molar-refractivity contribution in [1.82, 2.24) is 9.62 Å². The van der Waals surface area contributed by atoms with Gasteiger partial charge in [-0.2, -0.15) is 0 Å². The Morgan fingerprint density at radius 1 is 1.25 bits per heavy atom. The Balaban J connectivity index is 2.79. The number of carbonyl (C=O) groups excluding carboxylic acids is 1. The van der Waals surface area contributed by atoms with E-state index in [9.17, 15) is 13.2 Å². The highest BCUT2D eigenvalue weighted by molar-refractivity contribution is 7.89. The van der Waals surface area contributed by atoms with Gasteiger partial charge < -0.3 is 10.6 Å². The van der Waals surface area contributed by atoms with Gasteiger partial charge in [0.25, 0.3) is 0 Å². The zero-order valence-corrected chi connectivity index (χ0v) is 12.8. The summed E-state index contributed by atoms with van der Waals surface area (Å²) in [5.74, 6) is -0.190. The summed E-state index contributed by atoms with van der Waals surface area (Å²) >= 11 is 0. The van der Waals surface area contributed by atoms with Crippen LogP contribution < -0.4 is 10.6 Å². The van der Waals surface area contributed by atoms with Crippen molar-refractivity contribution >= 4 is 21.6 Å². The van der Waals surface area contributed by atoms with Crippen LogP contribution in [-0.4, -0.2) is 45.8 Å². The van der Waals surface area contributed by atoms with Crippen molar-refractivity contribution < 1.29 is 13.2 Å². The van der Waals surface area contributed by atoms with E-state index in [2.05, 4.69) is 10.6 Å². The van der Waals surface area contributed by atoms with Gasteiger partial charge in [0.2, 0.25) is 15.9 Å². The third kappa shape index (κ3) is 4.59. The van der Waals surface area contributed by atoms with Gasteiger partial charge in [0.1, 0.15) is 0 Å². The fraction of sp³-hybridized carbons (Fsp3) is 0.462. The molecule has 7 heteroatoms. The Bertz CT molecular complexity index is 540. The molecule has 0 unspecified atom stereocenters. The number of rotatable bonds is 7. The summed E-state index contributed by atoms with van der Waals surface area (Å²) in [6.45, 7) is 2.62. The van der Waals surface area contributed by atoms with Crippen molar-refractivity contribution in [1.29, 1.82) is 0 Å². The highest BCUT2D eigenvalue weighted by Gasteiger charge is 2.19. The molecule has 0 aliphatic heterocycles. The highest BCUT2D eigenvalue weighted by Crippen LogP contribution is 2.17. The summed E-state index contributed by atoms with van der Waals surface area (Å²) in [5, 5.41) is 5.58. The number of anilines is 1. The van der Waals surface area contributed by atoms with Crippen LogP contribution in [0.15, 0.2) is 29.2 Å². The standard InChI is InChI=1S/C13H21N3O3S/c1-11(17)15-12-5-7-13(8-6-12)20(18,19)16(3)10-4-9-14-2/h5-8,14H,4,9-10H2,1-3H3,(H,15,17). The van der Waals surface area contributed by atoms with E-state index >= 15 is 0 Å². The smallest absolute Gasteiger partial charge is 0.242 e. The molecule has 0 heterocycles. The first-order valence-electron chi connectivity index (χ1n) is 6.36. The summed E-state index contributed by atoms with van der Waals surface area (Å²) in [5.41, 5.74) is 0.578. The fourth-order valence-electron chi connectivity index (χ4n) is 1.69. The SMILES string of the molecule is CNCCCN(C)S(=O)(=O)c1ccc(NC(C)=O)cc1. The van der Waals surface area contributed by atoms with Crippen molar-refractivity contribution in [2.24, 2.45) is 0 Å². The van der Waals surface area contributed by atoms with Crippen LogP contribution in [0.3, 0.4) is 0 Å². The number of benzene rings is 1. The largest absolute Gasteiger partial charge is 0.326 e. The molecule has 0 aliphatic carbocycles. The molecule has 1 aromatic carbocycles. The quantitative estimate of drug-likeness (QED) is 0.733. The van der Waals surface area contributed by atoms with E-state index in [1.165, 1.54) is 23.4 Å². The Labute approximate surface area is 120 Å². The van der Waals surface area contributed by atoms with E-state index in [1.807, 2.05) is 7.05 Å². The number of carbonyl (C=O) groups is 1. The Kier molecular flexibility index (Phi) is 6.12. The molecule has 0 aromatic heterocycles. The molecule has 0 saturated heterocycles. The summed E-state index contributed by atoms with van der Waals surface area (Å²) in [4.78, 5) is 11.1. The van der Waals surface area contributed by atoms with Gasteiger partial charge in [-0.15, -0.1) is 0 Å². The minimum atomic E-state index is -3.47. The molecule has 0 aliphatic rings. The molecule has 0 fully saturated rings. The zero-order chi connectivity index (χ0) is 15.2. The second-order valence-electron chi connectivity index (χ2n) is 4.49. The molecular weight excluding hydrogens is 278 g/mol. The van der Waals surface area contributed by atoms with Gasteiger partial charge in [-0.3, -0.25) is 4.79 Å². The topological polar surface area (TPSA) is 78.5 Å². The second kappa shape index (κ2) is 7.37. The van der Waals surface area contributed by atoms with E-state index in [4.69, 9.17) is 0 Å². The van der Waals surface area contributed by atoms with Gasteiger partial charge in [0.05, 0.1) is 4.90 Å². The molecule has 1 rings (SSSR count). The first kappa shape index (κ1) is 16.6. The van der Waals surface area contributed by atoms with Crippen LogP contribution in [0.25, 0.3) is 0 Å². The van der Waals surface area contributed by atoms with Crippen molar-refractivity contribution in [3.63, 3.8) is 0 Å². The number of hydrogen-bond donors (Lipinski definition) is 2. The maximum Gasteiger partial charge on any atom is 0.242 e. The predicted octanol–water partition coefficient (Wildman–Crippen LogP) is 0.875. The first-order chi connectivity index (χ1) is 9.37. The maximum atomic E-state index is 12.3. The molecule has 20 heavy (non-hydrogen) atoms. The Morgan fingerprint density at radius 3 is 2.35 bits per heavy atom. The van der Waals surface area contributed by atoms with E-state index in [1.54, 1.807) is 19.2 Å². The summed E-state index contributed by atoms with van der Waals surface area (Å²) in [6.07, 6.45) is 0.746. The number of hydrogen-bond acceptors (Lipinski definition) is 4. The summed E-state index contributed by atoms with van der Waals surface area (Å²) in [7, 11) is -0.0810. The lowest BCUT2D eigenvalue weighted by atomic mass is 10.3. The predicted molar refractivity (Wildman–Crippen MR) is 79.1 cm³/mol. The molecule has 0 atom stereocenters. The first-order valence-corrected chi connectivity index (χ1v) is 7.80. The van der Waals surface area contributed by atoms with E-state index in [0.717, 1.165) is 13.0 Å². The number of sulfonamides is 1. The zero-order valence-electron chi connectivity index (χ0n) is 12.0. The number of nitrogens with one attached hydrogen (secondary N) is 2. The van der Waals surface area contributed by atoms with Crippen LogP contribution in [0.5, 0.6) is 0 Å². The lowest BCUT2D eigenvalue weighted by Gasteiger charge is -2.17. The molecule has 0 bridgehead atoms. The van der Waals surface area contributed by atoms with Crippen LogP contribution in [0.2, 0.25) is 0 Å². The molecule has 1 amide bonds. The van der Waals surface area contributed by atoms with Crippen LogP contribution in [0.1, 0.15) is 13.3 Å². The monoisotopic (exact) mass is 299 g/mol. The number of nitrogens with zero attached hydrogens (tertiary/aromatic N) is 1. The van der Waals surface area contributed by atoms with Crippen molar-refractivity contribution in [2.45, 2.75) is 18.2 Å². The normalized spacial score (nSPS) is 11.6. The van der Waals surface area contributed by atoms with Crippen molar-refractivity contribution in [3.8, 4) is 0 Å². The fourth-order valence-corrected chi connectivity index (χ4v) is 2.90. The molecule has 6 nitrogen and oxygen atoms in total. The summed E-state index contributed by atoms with van der Waals surface area (Å²) in [6, 6.07) is 6.15. The minimum absolute atomic E-state index is 0.190. The van der Waals surface area contributed by atoms with Gasteiger partial charge in [-0.1, -0.05) is 0 Å². The summed E-state index contributed by atoms with van der Waals surface area (Å²) < 4.78 is 25.9. The highest BCUT2D eigenvalue weighted by atomic mass is 32.2. The van der Waals surface area contributed by atoms with Crippen LogP contribution in [-0.2, 0) is 14.8 Å². The third-order valence-electron chi connectivity index (χ3n) is 2.78. The number of amides is 1. The third-order valence-corrected chi connectivity index (χ3v) is 4.65. The second-order valence-corrected chi connectivity index (χ2v) is 6.53. The molecule has 2 N–H and O–H groups in total. The van der Waals surface area contributed by atoms with Gasteiger partial charge >= 0.3 is 0 Å². The van der Waals surface area contributed by atoms with Crippen LogP contribution in [0.4, 0.5) is 5.69 Å². The van der Waals surface area contributed by atoms with Gasteiger partial charge in [-0.05, 0) is 44.3 Å². The Morgan fingerprint density at radius 2 is 1.85 bits per heavy atom. The van der Waals surface area contributed by atoms with Crippen molar-refractivity contribution in [3.05, 3.63) is 24.3 Å². The lowest BCUT2D eigenvalue weighted by Crippen LogP contribution is -2.29. The van der Waals surface area contributed by atoms with Crippen LogP contribution in [0, 0.1) is 0 Å². The molecule has 112 valence electrons. The van der Waals surface area contributed by atoms with Gasteiger partial charge in [0.15, 0.2) is 0 Å². The molecular formula is C13H21N3O3S. The minimum Gasteiger partial charge on any atom is -0.326 e. The van der Waals surface area contributed by atoms with E-state index in [-0.39, 0.29) is 10.8 Å². The van der Waals surface area contributed by atoms with E-state index in [0.29, 0.717) is 12.2 Å². The molecule has 1 aromatic rings. The Hall–Kier alpha value is -1.44. The molecule has 0 radical (unpaired) electrons. The molecule has 0 spiro atoms. The maximum absolute atomic E-state index is 12.3. The van der Waals surface area contributed by atoms with Gasteiger partial charge in [0, 0.05) is 26.2 Å². The average molecular weight is 299 g/mol. The average Bonchev–Trinajstić information content (AvgIpc) is 2.38. The van der Waals surface area contributed by atoms with E-state index < -0.39 is 10.0 Å². The van der Waals surface area contributed by atoms with Crippen molar-refractivity contribution in [2.75, 3.05) is 32.5 Å². The van der Waals surface area contributed by atoms with Crippen LogP contribution >= 0.6 is 0 Å².